The number of pyridine rings is 2. The Kier molecular flexibility index (Phi) is 4.20. The van der Waals surface area contributed by atoms with Gasteiger partial charge in [-0.25, -0.2) is 4.39 Å². The summed E-state index contributed by atoms with van der Waals surface area (Å²) in [7, 11) is 1.61. The summed E-state index contributed by atoms with van der Waals surface area (Å²) >= 11 is 0. The monoisotopic (exact) mass is 403 g/mol. The van der Waals surface area contributed by atoms with E-state index in [4.69, 9.17) is 9.26 Å². The van der Waals surface area contributed by atoms with Crippen molar-refractivity contribution < 1.29 is 13.7 Å². The first-order chi connectivity index (χ1) is 14.5. The second kappa shape index (κ2) is 6.91. The Morgan fingerprint density at radius 2 is 2.00 bits per heavy atom. The molecule has 7 nitrogen and oxygen atoms in total. The quantitative estimate of drug-likeness (QED) is 0.438. The molecule has 0 unspecified atom stereocenters. The van der Waals surface area contributed by atoms with Gasteiger partial charge in [-0.2, -0.15) is 0 Å². The van der Waals surface area contributed by atoms with Crippen LogP contribution in [0.2, 0.25) is 0 Å². The maximum atomic E-state index is 14.7. The summed E-state index contributed by atoms with van der Waals surface area (Å²) < 4.78 is 26.9. The van der Waals surface area contributed by atoms with E-state index in [1.165, 1.54) is 6.07 Å². The summed E-state index contributed by atoms with van der Waals surface area (Å²) in [5.41, 5.74) is 3.34. The summed E-state index contributed by atoms with van der Waals surface area (Å²) in [6.45, 7) is 3.83. The molecule has 150 valence electrons. The number of ether oxygens (including phenoxy) is 1. The first-order valence-corrected chi connectivity index (χ1v) is 9.45. The van der Waals surface area contributed by atoms with Gasteiger partial charge in [0, 0.05) is 29.1 Å². The van der Waals surface area contributed by atoms with Gasteiger partial charge in [-0.3, -0.25) is 9.38 Å². The highest BCUT2D eigenvalue weighted by Gasteiger charge is 2.20. The zero-order valence-corrected chi connectivity index (χ0v) is 16.6. The standard InChI is InChI=1S/C22H18FN5O2/c1-12-6-20(30-27-12)16-9-18(23)22-26-25-21(28(22)11-16)13(2)14-4-5-19-15(7-14)8-17(29-3)10-24-19/h4-11,13H,1-3H3/t13-/m0/s1. The molecule has 30 heavy (non-hydrogen) atoms. The predicted octanol–water partition coefficient (Wildman–Crippen LogP) is 4.54. The van der Waals surface area contributed by atoms with E-state index in [-0.39, 0.29) is 11.6 Å². The zero-order valence-electron chi connectivity index (χ0n) is 16.6. The summed E-state index contributed by atoms with van der Waals surface area (Å²) in [5.74, 6) is 1.19. The Morgan fingerprint density at radius 1 is 1.13 bits per heavy atom. The van der Waals surface area contributed by atoms with Gasteiger partial charge < -0.3 is 9.26 Å². The fraction of sp³-hybridized carbons (Fsp3) is 0.182. The molecule has 0 N–H and O–H groups in total. The lowest BCUT2D eigenvalue weighted by atomic mass is 9.98. The highest BCUT2D eigenvalue weighted by atomic mass is 19.1. The van der Waals surface area contributed by atoms with Crippen LogP contribution in [-0.2, 0) is 0 Å². The third-order valence-corrected chi connectivity index (χ3v) is 5.20. The topological polar surface area (TPSA) is 78.3 Å². The Morgan fingerprint density at radius 3 is 2.77 bits per heavy atom. The van der Waals surface area contributed by atoms with Crippen molar-refractivity contribution in [3.05, 3.63) is 71.7 Å². The number of benzene rings is 1. The van der Waals surface area contributed by atoms with Gasteiger partial charge in [0.1, 0.15) is 11.6 Å². The fourth-order valence-corrected chi connectivity index (χ4v) is 3.56. The molecule has 0 aliphatic carbocycles. The molecule has 5 rings (SSSR count). The molecule has 0 bridgehead atoms. The third kappa shape index (κ3) is 2.97. The normalized spacial score (nSPS) is 12.5. The van der Waals surface area contributed by atoms with Crippen LogP contribution in [0.5, 0.6) is 5.75 Å². The van der Waals surface area contributed by atoms with E-state index in [9.17, 15) is 4.39 Å². The molecule has 0 saturated heterocycles. The molecule has 0 saturated carbocycles. The maximum Gasteiger partial charge on any atom is 0.196 e. The Balaban J connectivity index is 1.61. The van der Waals surface area contributed by atoms with Crippen LogP contribution in [-0.4, -0.2) is 31.8 Å². The van der Waals surface area contributed by atoms with Gasteiger partial charge in [-0.05, 0) is 36.8 Å². The number of halogens is 1. The summed E-state index contributed by atoms with van der Waals surface area (Å²) in [5, 5.41) is 13.2. The van der Waals surface area contributed by atoms with Crippen molar-refractivity contribution in [1.29, 1.82) is 0 Å². The average molecular weight is 403 g/mol. The Bertz CT molecular complexity index is 1390. The molecule has 0 spiro atoms. The number of methoxy groups -OCH3 is 1. The molecule has 0 aliphatic rings. The Hall–Kier alpha value is -3.81. The van der Waals surface area contributed by atoms with Crippen molar-refractivity contribution in [2.45, 2.75) is 19.8 Å². The average Bonchev–Trinajstić information content (AvgIpc) is 3.39. The van der Waals surface area contributed by atoms with Gasteiger partial charge in [0.15, 0.2) is 17.2 Å². The minimum atomic E-state index is -0.472. The number of fused-ring (bicyclic) bond motifs is 2. The molecule has 5 aromatic rings. The van der Waals surface area contributed by atoms with Crippen molar-refractivity contribution in [1.82, 2.24) is 24.7 Å². The van der Waals surface area contributed by atoms with Crippen LogP contribution >= 0.6 is 0 Å². The first-order valence-electron chi connectivity index (χ1n) is 9.45. The highest BCUT2D eigenvalue weighted by molar-refractivity contribution is 5.80. The van der Waals surface area contributed by atoms with Crippen LogP contribution in [0.4, 0.5) is 4.39 Å². The smallest absolute Gasteiger partial charge is 0.196 e. The molecular weight excluding hydrogens is 385 g/mol. The molecule has 0 radical (unpaired) electrons. The van der Waals surface area contributed by atoms with E-state index in [1.807, 2.05) is 38.1 Å². The minimum Gasteiger partial charge on any atom is -0.495 e. The van der Waals surface area contributed by atoms with Crippen molar-refractivity contribution in [2.24, 2.45) is 0 Å². The second-order valence-electron chi connectivity index (χ2n) is 7.21. The van der Waals surface area contributed by atoms with Gasteiger partial charge in [-0.1, -0.05) is 18.1 Å². The van der Waals surface area contributed by atoms with Crippen molar-refractivity contribution in [2.75, 3.05) is 7.11 Å². The van der Waals surface area contributed by atoms with Gasteiger partial charge in [0.2, 0.25) is 0 Å². The Labute approximate surface area is 171 Å². The summed E-state index contributed by atoms with van der Waals surface area (Å²) in [6, 6.07) is 11.1. The lowest BCUT2D eigenvalue weighted by molar-refractivity contribution is 0.414. The lowest BCUT2D eigenvalue weighted by Crippen LogP contribution is -2.03. The van der Waals surface area contributed by atoms with Crippen LogP contribution in [0.3, 0.4) is 0 Å². The number of aryl methyl sites for hydroxylation is 1. The minimum absolute atomic E-state index is 0.137. The molecule has 4 heterocycles. The van der Waals surface area contributed by atoms with E-state index in [0.29, 0.717) is 22.9 Å². The van der Waals surface area contributed by atoms with Gasteiger partial charge in [0.25, 0.3) is 0 Å². The lowest BCUT2D eigenvalue weighted by Gasteiger charge is -2.12. The molecular formula is C22H18FN5O2. The van der Waals surface area contributed by atoms with E-state index in [2.05, 4.69) is 20.3 Å². The SMILES string of the molecule is COc1cnc2ccc([C@H](C)c3nnc4c(F)cc(-c5cc(C)no5)cn34)cc2c1. The molecule has 1 atom stereocenters. The van der Waals surface area contributed by atoms with Gasteiger partial charge in [0.05, 0.1) is 24.5 Å². The third-order valence-electron chi connectivity index (χ3n) is 5.20. The van der Waals surface area contributed by atoms with Crippen LogP contribution in [0.15, 0.2) is 53.3 Å². The highest BCUT2D eigenvalue weighted by Crippen LogP contribution is 2.29. The van der Waals surface area contributed by atoms with E-state index >= 15 is 0 Å². The number of rotatable bonds is 4. The van der Waals surface area contributed by atoms with E-state index in [0.717, 1.165) is 22.2 Å². The van der Waals surface area contributed by atoms with Gasteiger partial charge >= 0.3 is 0 Å². The molecule has 1 aromatic carbocycles. The van der Waals surface area contributed by atoms with Crippen LogP contribution < -0.4 is 4.74 Å². The largest absolute Gasteiger partial charge is 0.495 e. The number of nitrogens with zero attached hydrogens (tertiary/aromatic N) is 5. The molecule has 0 fully saturated rings. The zero-order chi connectivity index (χ0) is 20.8. The predicted molar refractivity (Wildman–Crippen MR) is 109 cm³/mol. The molecule has 0 aliphatic heterocycles. The van der Waals surface area contributed by atoms with Crippen LogP contribution in [0, 0.1) is 12.7 Å². The van der Waals surface area contributed by atoms with Gasteiger partial charge in [-0.15, -0.1) is 10.2 Å². The molecule has 0 amide bonds. The van der Waals surface area contributed by atoms with E-state index in [1.54, 1.807) is 30.0 Å². The van der Waals surface area contributed by atoms with Crippen LogP contribution in [0.1, 0.15) is 29.9 Å². The molecule has 4 aromatic heterocycles. The number of hydrogen-bond donors (Lipinski definition) is 0. The maximum absolute atomic E-state index is 14.7. The van der Waals surface area contributed by atoms with E-state index < -0.39 is 5.82 Å². The van der Waals surface area contributed by atoms with Crippen molar-refractivity contribution in [3.8, 4) is 17.1 Å². The number of hydrogen-bond acceptors (Lipinski definition) is 6. The first kappa shape index (κ1) is 18.2. The van der Waals surface area contributed by atoms with Crippen LogP contribution in [0.25, 0.3) is 27.9 Å². The van der Waals surface area contributed by atoms with Crippen molar-refractivity contribution >= 4 is 16.6 Å². The number of aromatic nitrogens is 5. The fourth-order valence-electron chi connectivity index (χ4n) is 3.56. The van der Waals surface area contributed by atoms with Crippen molar-refractivity contribution in [3.63, 3.8) is 0 Å². The summed E-state index contributed by atoms with van der Waals surface area (Å²) in [6.07, 6.45) is 3.46. The molecule has 8 heteroatoms. The summed E-state index contributed by atoms with van der Waals surface area (Å²) in [4.78, 5) is 4.40. The second-order valence-corrected chi connectivity index (χ2v) is 7.21.